The van der Waals surface area contributed by atoms with Crippen molar-refractivity contribution < 1.29 is 13.3 Å². The fraction of sp³-hybridized carbons (Fsp3) is 0. The maximum atomic E-state index is 13.1. The fourth-order valence-corrected chi connectivity index (χ4v) is 1.67. The van der Waals surface area contributed by atoms with E-state index in [-0.39, 0.29) is 11.3 Å². The highest BCUT2D eigenvalue weighted by Crippen LogP contribution is 2.26. The van der Waals surface area contributed by atoms with E-state index in [1.165, 1.54) is 18.5 Å². The molecule has 0 aliphatic carbocycles. The summed E-state index contributed by atoms with van der Waals surface area (Å²) in [6, 6.07) is 4.72. The van der Waals surface area contributed by atoms with Crippen molar-refractivity contribution >= 4 is 0 Å². The van der Waals surface area contributed by atoms with Crippen molar-refractivity contribution in [3.63, 3.8) is 0 Å². The third kappa shape index (κ3) is 2.33. The van der Waals surface area contributed by atoms with Gasteiger partial charge in [-0.3, -0.25) is 0 Å². The van der Waals surface area contributed by atoms with Gasteiger partial charge in [0.05, 0.1) is 0 Å². The van der Waals surface area contributed by atoms with E-state index in [1.54, 1.807) is 18.5 Å². The third-order valence-electron chi connectivity index (χ3n) is 2.51. The van der Waals surface area contributed by atoms with Crippen LogP contribution >= 0.6 is 0 Å². The summed E-state index contributed by atoms with van der Waals surface area (Å²) in [5.41, 5.74) is 1.45. The summed E-state index contributed by atoms with van der Waals surface area (Å²) in [7, 11) is 0. The van der Waals surface area contributed by atoms with Gasteiger partial charge in [-0.15, -0.1) is 0 Å². The Morgan fingerprint density at radius 2 is 1.53 bits per heavy atom. The Kier molecular flexibility index (Phi) is 2.75. The van der Waals surface area contributed by atoms with E-state index in [0.717, 1.165) is 6.07 Å². The molecule has 0 amide bonds. The highest BCUT2D eigenvalue weighted by Gasteiger charge is 2.11. The first-order valence-corrected chi connectivity index (χ1v) is 5.41. The van der Waals surface area contributed by atoms with Crippen molar-refractivity contribution in [2.75, 3.05) is 0 Å². The zero-order chi connectivity index (χ0) is 13.2. The molecule has 6 heteroatoms. The second-order valence-electron chi connectivity index (χ2n) is 3.86. The molecule has 0 atom stereocenters. The lowest BCUT2D eigenvalue weighted by atomic mass is 10.1. The number of hydrogen-bond donors (Lipinski definition) is 0. The lowest BCUT2D eigenvalue weighted by Gasteiger charge is -1.96. The predicted octanol–water partition coefficient (Wildman–Crippen LogP) is 3.08. The molecule has 0 radical (unpaired) electrons. The average Bonchev–Trinajstić information content (AvgIpc) is 2.88. The zero-order valence-electron chi connectivity index (χ0n) is 9.55. The summed E-state index contributed by atoms with van der Waals surface area (Å²) in [5, 5.41) is 3.82. The SMILES string of the molecule is Fc1cc(F)cc(-c2cc(-c3cncnc3)no2)c1. The minimum Gasteiger partial charge on any atom is -0.356 e. The summed E-state index contributed by atoms with van der Waals surface area (Å²) in [6.07, 6.45) is 4.54. The monoisotopic (exact) mass is 259 g/mol. The van der Waals surface area contributed by atoms with E-state index in [2.05, 4.69) is 15.1 Å². The molecule has 2 heterocycles. The molecule has 0 unspecified atom stereocenters. The van der Waals surface area contributed by atoms with Gasteiger partial charge >= 0.3 is 0 Å². The van der Waals surface area contributed by atoms with Crippen LogP contribution in [0.25, 0.3) is 22.6 Å². The number of hydrogen-bond acceptors (Lipinski definition) is 4. The van der Waals surface area contributed by atoms with Crippen LogP contribution in [0.1, 0.15) is 0 Å². The van der Waals surface area contributed by atoms with Crippen LogP contribution in [0.4, 0.5) is 8.78 Å². The van der Waals surface area contributed by atoms with Crippen LogP contribution in [-0.4, -0.2) is 15.1 Å². The highest BCUT2D eigenvalue weighted by atomic mass is 19.1. The Labute approximate surface area is 106 Å². The van der Waals surface area contributed by atoms with Gasteiger partial charge in [-0.2, -0.15) is 0 Å². The van der Waals surface area contributed by atoms with Gasteiger partial charge in [0.25, 0.3) is 0 Å². The van der Waals surface area contributed by atoms with Crippen molar-refractivity contribution in [2.45, 2.75) is 0 Å². The first kappa shape index (κ1) is 11.5. The molecule has 94 valence electrons. The van der Waals surface area contributed by atoms with Gasteiger partial charge in [-0.1, -0.05) is 5.16 Å². The summed E-state index contributed by atoms with van der Waals surface area (Å²) in [4.78, 5) is 7.72. The zero-order valence-corrected chi connectivity index (χ0v) is 9.55. The molecule has 0 fully saturated rings. The van der Waals surface area contributed by atoms with E-state index < -0.39 is 11.6 Å². The van der Waals surface area contributed by atoms with E-state index >= 15 is 0 Å². The Bertz CT molecular complexity index is 693. The quantitative estimate of drug-likeness (QED) is 0.709. The molecule has 0 aliphatic rings. The minimum absolute atomic E-state index is 0.275. The van der Waals surface area contributed by atoms with Crippen molar-refractivity contribution in [1.29, 1.82) is 0 Å². The number of halogens is 2. The maximum absolute atomic E-state index is 13.1. The smallest absolute Gasteiger partial charge is 0.167 e. The van der Waals surface area contributed by atoms with Crippen LogP contribution in [0, 0.1) is 11.6 Å². The van der Waals surface area contributed by atoms with Crippen molar-refractivity contribution in [3.8, 4) is 22.6 Å². The molecule has 0 bridgehead atoms. The molecule has 19 heavy (non-hydrogen) atoms. The first-order valence-electron chi connectivity index (χ1n) is 5.41. The Balaban J connectivity index is 2.02. The van der Waals surface area contributed by atoms with Crippen LogP contribution in [-0.2, 0) is 0 Å². The standard InChI is InChI=1S/C13H7F2N3O/c14-10-1-8(2-11(15)3-10)13-4-12(18-19-13)9-5-16-7-17-6-9/h1-7H. The van der Waals surface area contributed by atoms with Gasteiger partial charge < -0.3 is 4.52 Å². The first-order chi connectivity index (χ1) is 9.22. The number of benzene rings is 1. The van der Waals surface area contributed by atoms with Crippen molar-refractivity contribution in [1.82, 2.24) is 15.1 Å². The van der Waals surface area contributed by atoms with E-state index in [1.807, 2.05) is 0 Å². The molecular weight excluding hydrogens is 252 g/mol. The molecule has 0 N–H and O–H groups in total. The van der Waals surface area contributed by atoms with Crippen LogP contribution in [0.5, 0.6) is 0 Å². The topological polar surface area (TPSA) is 51.8 Å². The van der Waals surface area contributed by atoms with Gasteiger partial charge in [0, 0.05) is 35.7 Å². The molecule has 4 nitrogen and oxygen atoms in total. The second kappa shape index (κ2) is 4.56. The molecule has 0 aliphatic heterocycles. The van der Waals surface area contributed by atoms with Crippen LogP contribution < -0.4 is 0 Å². The number of nitrogens with zero attached hydrogens (tertiary/aromatic N) is 3. The largest absolute Gasteiger partial charge is 0.356 e. The highest BCUT2D eigenvalue weighted by molar-refractivity contribution is 5.65. The lowest BCUT2D eigenvalue weighted by molar-refractivity contribution is 0.434. The van der Waals surface area contributed by atoms with Gasteiger partial charge in [0.15, 0.2) is 5.76 Å². The van der Waals surface area contributed by atoms with Crippen LogP contribution in [0.2, 0.25) is 0 Å². The maximum Gasteiger partial charge on any atom is 0.167 e. The molecule has 3 rings (SSSR count). The molecule has 1 aromatic carbocycles. The lowest BCUT2D eigenvalue weighted by Crippen LogP contribution is -1.82. The summed E-state index contributed by atoms with van der Waals surface area (Å²) in [6.45, 7) is 0. The normalized spacial score (nSPS) is 10.6. The van der Waals surface area contributed by atoms with Gasteiger partial charge in [0.2, 0.25) is 0 Å². The molecule has 0 spiro atoms. The Hall–Kier alpha value is -2.63. The Morgan fingerprint density at radius 3 is 2.21 bits per heavy atom. The van der Waals surface area contributed by atoms with E-state index in [4.69, 9.17) is 4.52 Å². The molecule has 0 saturated carbocycles. The van der Waals surface area contributed by atoms with Gasteiger partial charge in [-0.05, 0) is 12.1 Å². The van der Waals surface area contributed by atoms with Gasteiger partial charge in [0.1, 0.15) is 23.7 Å². The Morgan fingerprint density at radius 1 is 0.842 bits per heavy atom. The molecule has 2 aromatic heterocycles. The molecule has 0 saturated heterocycles. The summed E-state index contributed by atoms with van der Waals surface area (Å²) in [5.74, 6) is -1.07. The fourth-order valence-electron chi connectivity index (χ4n) is 1.67. The summed E-state index contributed by atoms with van der Waals surface area (Å²) >= 11 is 0. The van der Waals surface area contributed by atoms with Crippen LogP contribution in [0.3, 0.4) is 0 Å². The minimum atomic E-state index is -0.670. The van der Waals surface area contributed by atoms with Crippen LogP contribution in [0.15, 0.2) is 47.5 Å². The van der Waals surface area contributed by atoms with Crippen molar-refractivity contribution in [3.05, 3.63) is 54.6 Å². The van der Waals surface area contributed by atoms with E-state index in [9.17, 15) is 8.78 Å². The average molecular weight is 259 g/mol. The second-order valence-corrected chi connectivity index (χ2v) is 3.86. The molecular formula is C13H7F2N3O. The molecule has 3 aromatic rings. The van der Waals surface area contributed by atoms with E-state index in [0.29, 0.717) is 11.3 Å². The third-order valence-corrected chi connectivity index (χ3v) is 2.51. The van der Waals surface area contributed by atoms with Crippen molar-refractivity contribution in [2.24, 2.45) is 0 Å². The number of rotatable bonds is 2. The number of aromatic nitrogens is 3. The summed E-state index contributed by atoms with van der Waals surface area (Å²) < 4.78 is 31.3. The van der Waals surface area contributed by atoms with Gasteiger partial charge in [-0.25, -0.2) is 18.7 Å². The predicted molar refractivity (Wildman–Crippen MR) is 62.9 cm³/mol.